The number of hydrogen-bond donors (Lipinski definition) is 3. The monoisotopic (exact) mass is 387 g/mol. The summed E-state index contributed by atoms with van der Waals surface area (Å²) in [6.45, 7) is 3.88. The smallest absolute Gasteiger partial charge is 0.258 e. The Morgan fingerprint density at radius 1 is 1.00 bits per heavy atom. The maximum atomic E-state index is 13.6. The lowest BCUT2D eigenvalue weighted by Crippen LogP contribution is -2.28. The van der Waals surface area contributed by atoms with E-state index in [9.17, 15) is 9.18 Å². The average Bonchev–Trinajstić information content (AvgIpc) is 3.01. The molecule has 1 heterocycles. The zero-order chi connectivity index (χ0) is 20.6. The first-order valence-electron chi connectivity index (χ1n) is 9.40. The number of hydrogen-bond acceptors (Lipinski definition) is 3. The summed E-state index contributed by atoms with van der Waals surface area (Å²) in [6, 6.07) is 21.7. The van der Waals surface area contributed by atoms with Crippen molar-refractivity contribution in [2.24, 2.45) is 5.73 Å². The van der Waals surface area contributed by atoms with Gasteiger partial charge in [-0.1, -0.05) is 42.5 Å². The zero-order valence-corrected chi connectivity index (χ0v) is 16.3. The van der Waals surface area contributed by atoms with Gasteiger partial charge in [0.15, 0.2) is 0 Å². The van der Waals surface area contributed by atoms with Crippen molar-refractivity contribution in [2.75, 3.05) is 10.6 Å². The Morgan fingerprint density at radius 2 is 1.76 bits per heavy atom. The van der Waals surface area contributed by atoms with Crippen LogP contribution in [-0.4, -0.2) is 5.91 Å². The van der Waals surface area contributed by atoms with E-state index in [-0.39, 0.29) is 5.91 Å². The Bertz CT molecular complexity index is 1110. The van der Waals surface area contributed by atoms with E-state index < -0.39 is 11.4 Å². The van der Waals surface area contributed by atoms with Gasteiger partial charge >= 0.3 is 0 Å². The molecule has 0 aromatic heterocycles. The molecule has 4 rings (SSSR count). The number of carbonyl (C=O) groups excluding carboxylic acids is 1. The average molecular weight is 387 g/mol. The molecule has 0 radical (unpaired) electrons. The van der Waals surface area contributed by atoms with Gasteiger partial charge in [0.25, 0.3) is 5.91 Å². The van der Waals surface area contributed by atoms with Crippen LogP contribution in [0.4, 0.5) is 15.8 Å². The van der Waals surface area contributed by atoms with Crippen LogP contribution >= 0.6 is 0 Å². The number of halogens is 1. The summed E-state index contributed by atoms with van der Waals surface area (Å²) in [5.74, 6) is -0.662. The zero-order valence-electron chi connectivity index (χ0n) is 16.3. The summed E-state index contributed by atoms with van der Waals surface area (Å²) in [7, 11) is 0. The third-order valence-corrected chi connectivity index (χ3v) is 4.91. The van der Waals surface area contributed by atoms with Gasteiger partial charge in [0.1, 0.15) is 5.82 Å². The van der Waals surface area contributed by atoms with Crippen molar-refractivity contribution in [3.8, 4) is 0 Å². The second kappa shape index (κ2) is 7.18. The largest absolute Gasteiger partial charge is 0.354 e. The van der Waals surface area contributed by atoms with E-state index in [0.717, 1.165) is 16.8 Å². The Labute approximate surface area is 169 Å². The molecule has 29 heavy (non-hydrogen) atoms. The minimum atomic E-state index is -0.493. The first kappa shape index (κ1) is 18.9. The normalized spacial score (nSPS) is 15.0. The number of fused-ring (bicyclic) bond motifs is 1. The maximum absolute atomic E-state index is 13.6. The number of benzene rings is 3. The molecule has 0 unspecified atom stereocenters. The van der Waals surface area contributed by atoms with Crippen molar-refractivity contribution in [2.45, 2.75) is 19.4 Å². The van der Waals surface area contributed by atoms with Gasteiger partial charge in [0, 0.05) is 16.8 Å². The molecular formula is C24H22FN3O. The van der Waals surface area contributed by atoms with Gasteiger partial charge in [-0.05, 0) is 55.3 Å². The van der Waals surface area contributed by atoms with E-state index in [0.29, 0.717) is 22.5 Å². The number of amides is 1. The van der Waals surface area contributed by atoms with E-state index >= 15 is 0 Å². The summed E-state index contributed by atoms with van der Waals surface area (Å²) in [5.41, 5.74) is 10.7. The van der Waals surface area contributed by atoms with E-state index in [4.69, 9.17) is 5.73 Å². The van der Waals surface area contributed by atoms with Crippen LogP contribution in [-0.2, 0) is 10.3 Å². The second-order valence-corrected chi connectivity index (χ2v) is 7.69. The van der Waals surface area contributed by atoms with Gasteiger partial charge in [0.05, 0.1) is 17.0 Å². The molecule has 4 nitrogen and oxygen atoms in total. The quantitative estimate of drug-likeness (QED) is 0.555. The predicted molar refractivity (Wildman–Crippen MR) is 116 cm³/mol. The number of anilines is 2. The van der Waals surface area contributed by atoms with Crippen LogP contribution in [0.3, 0.4) is 0 Å². The van der Waals surface area contributed by atoms with Crippen LogP contribution in [0.2, 0.25) is 0 Å². The minimum absolute atomic E-state index is 0.271. The van der Waals surface area contributed by atoms with Crippen molar-refractivity contribution in [1.29, 1.82) is 0 Å². The predicted octanol–water partition coefficient (Wildman–Crippen LogP) is 4.95. The van der Waals surface area contributed by atoms with Crippen LogP contribution < -0.4 is 16.4 Å². The molecule has 3 aromatic carbocycles. The third kappa shape index (κ3) is 3.77. The minimum Gasteiger partial charge on any atom is -0.354 e. The lowest BCUT2D eigenvalue weighted by atomic mass is 9.95. The molecule has 1 aliphatic heterocycles. The molecule has 0 saturated heterocycles. The van der Waals surface area contributed by atoms with Gasteiger partial charge in [-0.2, -0.15) is 0 Å². The standard InChI is InChI=1S/C24H22FN3O/c1-24(2,26)16-9-6-10-18(13-16)27-22(15-7-4-3-5-8-15)21-19-12-11-17(25)14-20(19)28-23(21)29/h3-14,27H,26H2,1-2H3,(H,28,29)/b22-21-. The van der Waals surface area contributed by atoms with Crippen LogP contribution in [0.5, 0.6) is 0 Å². The fourth-order valence-corrected chi connectivity index (χ4v) is 3.42. The molecule has 5 heteroatoms. The van der Waals surface area contributed by atoms with Crippen LogP contribution in [0.1, 0.15) is 30.5 Å². The van der Waals surface area contributed by atoms with Crippen molar-refractivity contribution in [3.05, 3.63) is 95.3 Å². The van der Waals surface area contributed by atoms with Crippen LogP contribution in [0, 0.1) is 5.82 Å². The van der Waals surface area contributed by atoms with Gasteiger partial charge in [-0.25, -0.2) is 4.39 Å². The summed E-state index contributed by atoms with van der Waals surface area (Å²) in [4.78, 5) is 12.8. The fourth-order valence-electron chi connectivity index (χ4n) is 3.42. The number of nitrogens with one attached hydrogen (secondary N) is 2. The van der Waals surface area contributed by atoms with Gasteiger partial charge in [-0.15, -0.1) is 0 Å². The molecule has 0 aliphatic carbocycles. The fraction of sp³-hybridized carbons (Fsp3) is 0.125. The lowest BCUT2D eigenvalue weighted by molar-refractivity contribution is -0.110. The molecule has 3 aromatic rings. The molecule has 146 valence electrons. The van der Waals surface area contributed by atoms with Crippen molar-refractivity contribution < 1.29 is 9.18 Å². The van der Waals surface area contributed by atoms with Gasteiger partial charge in [-0.3, -0.25) is 4.79 Å². The lowest BCUT2D eigenvalue weighted by Gasteiger charge is -2.21. The Balaban J connectivity index is 1.87. The molecular weight excluding hydrogens is 365 g/mol. The first-order valence-corrected chi connectivity index (χ1v) is 9.40. The Kier molecular flexibility index (Phi) is 4.68. The molecule has 0 spiro atoms. The van der Waals surface area contributed by atoms with Crippen molar-refractivity contribution in [1.82, 2.24) is 0 Å². The van der Waals surface area contributed by atoms with Crippen molar-refractivity contribution >= 4 is 28.6 Å². The maximum Gasteiger partial charge on any atom is 0.258 e. The Morgan fingerprint density at radius 3 is 2.48 bits per heavy atom. The number of carbonyl (C=O) groups is 1. The van der Waals surface area contributed by atoms with E-state index in [1.54, 1.807) is 6.07 Å². The summed E-state index contributed by atoms with van der Waals surface area (Å²) in [5, 5.41) is 6.17. The summed E-state index contributed by atoms with van der Waals surface area (Å²) in [6.07, 6.45) is 0. The molecule has 0 atom stereocenters. The SMILES string of the molecule is CC(C)(N)c1cccc(N/C(=C2\C(=O)Nc3cc(F)ccc32)c2ccccc2)c1. The third-order valence-electron chi connectivity index (χ3n) is 4.91. The molecule has 0 saturated carbocycles. The van der Waals surface area contributed by atoms with Crippen molar-refractivity contribution in [3.63, 3.8) is 0 Å². The highest BCUT2D eigenvalue weighted by atomic mass is 19.1. The topological polar surface area (TPSA) is 67.1 Å². The van der Waals surface area contributed by atoms with E-state index in [2.05, 4.69) is 10.6 Å². The first-order chi connectivity index (χ1) is 13.8. The van der Waals surface area contributed by atoms with Crippen LogP contribution in [0.25, 0.3) is 11.3 Å². The van der Waals surface area contributed by atoms with E-state index in [1.165, 1.54) is 12.1 Å². The number of rotatable bonds is 4. The molecule has 0 bridgehead atoms. The van der Waals surface area contributed by atoms with Gasteiger partial charge in [0.2, 0.25) is 0 Å². The highest BCUT2D eigenvalue weighted by molar-refractivity contribution is 6.37. The highest BCUT2D eigenvalue weighted by Gasteiger charge is 2.29. The highest BCUT2D eigenvalue weighted by Crippen LogP contribution is 2.38. The Hall–Kier alpha value is -3.44. The van der Waals surface area contributed by atoms with Gasteiger partial charge < -0.3 is 16.4 Å². The second-order valence-electron chi connectivity index (χ2n) is 7.69. The molecule has 1 amide bonds. The number of nitrogens with two attached hydrogens (primary N) is 1. The van der Waals surface area contributed by atoms with Crippen LogP contribution in [0.15, 0.2) is 72.8 Å². The summed E-state index contributed by atoms with van der Waals surface area (Å²) < 4.78 is 13.6. The summed E-state index contributed by atoms with van der Waals surface area (Å²) >= 11 is 0. The molecule has 4 N–H and O–H groups in total. The molecule has 1 aliphatic rings. The molecule has 0 fully saturated rings. The van der Waals surface area contributed by atoms with E-state index in [1.807, 2.05) is 68.4 Å².